The van der Waals surface area contributed by atoms with Gasteiger partial charge in [0, 0.05) is 26.5 Å². The zero-order valence-corrected chi connectivity index (χ0v) is 22.0. The van der Waals surface area contributed by atoms with E-state index in [1.165, 1.54) is 55.5 Å². The lowest BCUT2D eigenvalue weighted by Gasteiger charge is -2.30. The van der Waals surface area contributed by atoms with Gasteiger partial charge in [0.25, 0.3) is 0 Å². The van der Waals surface area contributed by atoms with E-state index in [2.05, 4.69) is 108 Å². The van der Waals surface area contributed by atoms with Crippen LogP contribution in [-0.4, -0.2) is 0 Å². The third kappa shape index (κ3) is 2.69. The number of allylic oxidation sites excluding steroid dienone is 1. The minimum Gasteiger partial charge on any atom is -0.456 e. The van der Waals surface area contributed by atoms with Gasteiger partial charge in [0.15, 0.2) is 0 Å². The van der Waals surface area contributed by atoms with Crippen LogP contribution >= 0.6 is 15.9 Å². The van der Waals surface area contributed by atoms with Gasteiger partial charge in [-0.3, -0.25) is 0 Å². The molecule has 1 spiro atoms. The van der Waals surface area contributed by atoms with Crippen LogP contribution in [0.2, 0.25) is 0 Å². The van der Waals surface area contributed by atoms with Gasteiger partial charge < -0.3 is 4.42 Å². The van der Waals surface area contributed by atoms with Gasteiger partial charge in [-0.15, -0.1) is 0 Å². The molecule has 1 atom stereocenters. The van der Waals surface area contributed by atoms with E-state index >= 15 is 0 Å². The number of hydrogen-bond acceptors (Lipinski definition) is 1. The SMILES string of the molecule is C/C=C\c1oc2c3c(ccc2c1C)C1(c2ccccc2-c2c(Br)cccc21)c1ccccc1-3.CC. The Morgan fingerprint density at radius 1 is 0.714 bits per heavy atom. The number of benzene rings is 4. The molecule has 0 bridgehead atoms. The van der Waals surface area contributed by atoms with Gasteiger partial charge in [0.2, 0.25) is 0 Å². The second kappa shape index (κ2) is 8.10. The van der Waals surface area contributed by atoms with Crippen molar-refractivity contribution in [1.29, 1.82) is 0 Å². The zero-order valence-electron chi connectivity index (χ0n) is 20.4. The summed E-state index contributed by atoms with van der Waals surface area (Å²) >= 11 is 3.87. The van der Waals surface area contributed by atoms with Crippen molar-refractivity contribution in [3.05, 3.63) is 123 Å². The number of aryl methyl sites for hydroxylation is 1. The molecule has 0 aliphatic heterocycles. The fourth-order valence-electron chi connectivity index (χ4n) is 6.23. The molecular weight excluding hydrogens is 492 g/mol. The van der Waals surface area contributed by atoms with Crippen LogP contribution in [0.5, 0.6) is 0 Å². The van der Waals surface area contributed by atoms with Gasteiger partial charge >= 0.3 is 0 Å². The highest BCUT2D eigenvalue weighted by molar-refractivity contribution is 9.10. The number of fused-ring (bicyclic) bond motifs is 12. The van der Waals surface area contributed by atoms with Gasteiger partial charge in [-0.2, -0.15) is 0 Å². The molecule has 7 rings (SSSR count). The minimum atomic E-state index is -0.350. The van der Waals surface area contributed by atoms with Crippen molar-refractivity contribution in [3.63, 3.8) is 0 Å². The normalized spacial score (nSPS) is 16.7. The minimum absolute atomic E-state index is 0.350. The van der Waals surface area contributed by atoms with E-state index < -0.39 is 0 Å². The lowest BCUT2D eigenvalue weighted by Crippen LogP contribution is -2.25. The van der Waals surface area contributed by atoms with Crippen molar-refractivity contribution in [1.82, 2.24) is 0 Å². The summed E-state index contributed by atoms with van der Waals surface area (Å²) in [6.07, 6.45) is 4.11. The molecule has 0 fully saturated rings. The standard InChI is InChI=1S/C31H21BrO.C2H6/c1-3-9-27-18(2)19-16-17-25-29(30(19)33-27)21-11-5-7-13-23(21)31(25)22-12-6-4-10-20(22)28-24(31)14-8-15-26(28)32;1-2/h3-17H,1-2H3;1-2H3/b9-3-;. The van der Waals surface area contributed by atoms with Crippen molar-refractivity contribution < 1.29 is 4.42 Å². The van der Waals surface area contributed by atoms with E-state index in [9.17, 15) is 0 Å². The highest BCUT2D eigenvalue weighted by Crippen LogP contribution is 2.64. The molecule has 1 unspecified atom stereocenters. The zero-order chi connectivity index (χ0) is 24.3. The first-order valence-corrected chi connectivity index (χ1v) is 13.1. The Balaban J connectivity index is 0.00000112. The van der Waals surface area contributed by atoms with Crippen LogP contribution in [-0.2, 0) is 5.41 Å². The summed E-state index contributed by atoms with van der Waals surface area (Å²) in [5.41, 5.74) is 12.2. The maximum atomic E-state index is 6.55. The molecule has 4 aromatic carbocycles. The monoisotopic (exact) mass is 518 g/mol. The number of furan rings is 1. The molecule has 2 heteroatoms. The van der Waals surface area contributed by atoms with Crippen molar-refractivity contribution in [2.75, 3.05) is 0 Å². The van der Waals surface area contributed by atoms with Crippen LogP contribution in [0.1, 0.15) is 54.3 Å². The summed E-state index contributed by atoms with van der Waals surface area (Å²) < 4.78 is 7.68. The Bertz CT molecular complexity index is 1650. The van der Waals surface area contributed by atoms with Crippen molar-refractivity contribution in [2.45, 2.75) is 33.1 Å². The first kappa shape index (κ1) is 22.1. The first-order valence-electron chi connectivity index (χ1n) is 12.4. The summed E-state index contributed by atoms with van der Waals surface area (Å²) in [7, 11) is 0. The fourth-order valence-corrected chi connectivity index (χ4v) is 6.81. The lowest BCUT2D eigenvalue weighted by atomic mass is 9.70. The highest BCUT2D eigenvalue weighted by atomic mass is 79.9. The lowest BCUT2D eigenvalue weighted by molar-refractivity contribution is 0.601. The molecule has 1 heterocycles. The molecule has 5 aromatic rings. The Hall–Kier alpha value is -3.36. The summed E-state index contributed by atoms with van der Waals surface area (Å²) in [4.78, 5) is 0. The molecule has 1 nitrogen and oxygen atoms in total. The van der Waals surface area contributed by atoms with Crippen molar-refractivity contribution >= 4 is 33.0 Å². The number of hydrogen-bond donors (Lipinski definition) is 0. The quantitative estimate of drug-likeness (QED) is 0.210. The number of halogens is 1. The van der Waals surface area contributed by atoms with E-state index in [-0.39, 0.29) is 5.41 Å². The van der Waals surface area contributed by atoms with E-state index in [0.29, 0.717) is 0 Å². The van der Waals surface area contributed by atoms with Gasteiger partial charge in [-0.25, -0.2) is 0 Å². The summed E-state index contributed by atoms with van der Waals surface area (Å²) in [6, 6.07) is 29.0. The Morgan fingerprint density at radius 3 is 2.00 bits per heavy atom. The average molecular weight is 519 g/mol. The van der Waals surface area contributed by atoms with Crippen LogP contribution in [0.4, 0.5) is 0 Å². The molecule has 0 radical (unpaired) electrons. The van der Waals surface area contributed by atoms with Crippen molar-refractivity contribution in [3.8, 4) is 22.3 Å². The van der Waals surface area contributed by atoms with E-state index in [1.54, 1.807) is 0 Å². The summed E-state index contributed by atoms with van der Waals surface area (Å²) in [6.45, 7) is 8.19. The molecule has 0 N–H and O–H groups in total. The third-order valence-electron chi connectivity index (χ3n) is 7.48. The fraction of sp³-hybridized carbons (Fsp3) is 0.152. The smallest absolute Gasteiger partial charge is 0.143 e. The molecule has 0 amide bonds. The van der Waals surface area contributed by atoms with Gasteiger partial charge in [0.05, 0.1) is 5.41 Å². The van der Waals surface area contributed by atoms with Crippen LogP contribution in [0, 0.1) is 6.92 Å². The molecular formula is C33H27BrO. The average Bonchev–Trinajstić information content (AvgIpc) is 3.49. The molecule has 1 aromatic heterocycles. The predicted molar refractivity (Wildman–Crippen MR) is 151 cm³/mol. The summed E-state index contributed by atoms with van der Waals surface area (Å²) in [5.74, 6) is 0.939. The molecule has 35 heavy (non-hydrogen) atoms. The first-order chi connectivity index (χ1) is 17.2. The molecule has 0 saturated heterocycles. The largest absolute Gasteiger partial charge is 0.456 e. The van der Waals surface area contributed by atoms with E-state index in [4.69, 9.17) is 4.42 Å². The maximum Gasteiger partial charge on any atom is 0.143 e. The van der Waals surface area contributed by atoms with Gasteiger partial charge in [-0.1, -0.05) is 109 Å². The van der Waals surface area contributed by atoms with Crippen molar-refractivity contribution in [2.24, 2.45) is 0 Å². The van der Waals surface area contributed by atoms with Crippen LogP contribution < -0.4 is 0 Å². The highest BCUT2D eigenvalue weighted by Gasteiger charge is 2.52. The second-order valence-electron chi connectivity index (χ2n) is 8.96. The van der Waals surface area contributed by atoms with E-state index in [1.807, 2.05) is 26.8 Å². The molecule has 2 aliphatic carbocycles. The Morgan fingerprint density at radius 2 is 1.31 bits per heavy atom. The van der Waals surface area contributed by atoms with Gasteiger partial charge in [-0.05, 0) is 59.4 Å². The van der Waals surface area contributed by atoms with Gasteiger partial charge in [0.1, 0.15) is 11.3 Å². The summed E-state index contributed by atoms with van der Waals surface area (Å²) in [5, 5.41) is 1.19. The molecule has 0 saturated carbocycles. The second-order valence-corrected chi connectivity index (χ2v) is 9.81. The maximum absolute atomic E-state index is 6.55. The predicted octanol–water partition coefficient (Wildman–Crippen LogP) is 9.91. The Labute approximate surface area is 215 Å². The van der Waals surface area contributed by atoms with Crippen LogP contribution in [0.25, 0.3) is 39.3 Å². The van der Waals surface area contributed by atoms with Crippen LogP contribution in [0.15, 0.2) is 93.8 Å². The molecule has 2 aliphatic rings. The molecule has 172 valence electrons. The third-order valence-corrected chi connectivity index (χ3v) is 8.14. The van der Waals surface area contributed by atoms with Crippen LogP contribution in [0.3, 0.4) is 0 Å². The topological polar surface area (TPSA) is 13.1 Å². The number of rotatable bonds is 1. The van der Waals surface area contributed by atoms with E-state index in [0.717, 1.165) is 15.8 Å². The Kier molecular flexibility index (Phi) is 5.12.